The molecule has 0 saturated carbocycles. The van der Waals surface area contributed by atoms with Crippen molar-refractivity contribution >= 4 is 57.6 Å². The fourth-order valence-corrected chi connectivity index (χ4v) is 6.52. The van der Waals surface area contributed by atoms with Gasteiger partial charge in [-0.05, 0) is 54.1 Å². The van der Waals surface area contributed by atoms with E-state index in [9.17, 15) is 10.1 Å². The number of para-hydroxylation sites is 1. The highest BCUT2D eigenvalue weighted by atomic mass is 35.5. The second kappa shape index (κ2) is 9.22. The maximum atomic E-state index is 13.7. The Morgan fingerprint density at radius 1 is 1.06 bits per heavy atom. The number of thioether (sulfide) groups is 2. The molecule has 2 aliphatic heterocycles. The molecule has 3 aromatic carbocycles. The summed E-state index contributed by atoms with van der Waals surface area (Å²) >= 11 is 9.36. The fourth-order valence-electron chi connectivity index (χ4n) is 3.80. The number of carbonyl (C=O) groups excluding carboxylic acids is 1. The number of fused-ring (bicyclic) bond motifs is 1. The molecule has 2 heterocycles. The van der Waals surface area contributed by atoms with E-state index < -0.39 is 0 Å². The predicted octanol–water partition coefficient (Wildman–Crippen LogP) is 6.69. The SMILES string of the molecule is Cc1ccc(C#N)cc1N=C1SC(=C2Sc3cccc(Cl)c3N2C)C(=O)N1Cc1ccccc1. The Balaban J connectivity index is 1.60. The third-order valence-corrected chi connectivity index (χ3v) is 8.31. The molecule has 0 radical (unpaired) electrons. The molecule has 34 heavy (non-hydrogen) atoms. The predicted molar refractivity (Wildman–Crippen MR) is 140 cm³/mol. The van der Waals surface area contributed by atoms with Crippen LogP contribution in [0.25, 0.3) is 0 Å². The van der Waals surface area contributed by atoms with E-state index in [2.05, 4.69) is 6.07 Å². The number of anilines is 1. The third kappa shape index (κ3) is 4.09. The number of nitrogens with zero attached hydrogens (tertiary/aromatic N) is 4. The standard InChI is InChI=1S/C26H19ClN4OS2/c1-16-11-12-18(14-28)13-20(16)29-26-31(15-17-7-4-3-5-8-17)24(32)23(34-26)25-30(2)22-19(27)9-6-10-21(22)33-25/h3-13H,15H2,1-2H3. The summed E-state index contributed by atoms with van der Waals surface area (Å²) in [6, 6.07) is 23.2. The number of amides is 1. The molecule has 0 unspecified atom stereocenters. The molecule has 2 aliphatic rings. The van der Waals surface area contributed by atoms with E-state index in [1.165, 1.54) is 11.8 Å². The van der Waals surface area contributed by atoms with Crippen LogP contribution >= 0.6 is 35.1 Å². The molecule has 5 rings (SSSR count). The zero-order valence-corrected chi connectivity index (χ0v) is 20.8. The van der Waals surface area contributed by atoms with Gasteiger partial charge in [-0.15, -0.1) is 0 Å². The molecule has 168 valence electrons. The zero-order valence-electron chi connectivity index (χ0n) is 18.4. The van der Waals surface area contributed by atoms with Crippen molar-refractivity contribution in [1.82, 2.24) is 4.90 Å². The highest BCUT2D eigenvalue weighted by Gasteiger charge is 2.39. The van der Waals surface area contributed by atoms with Crippen LogP contribution in [-0.4, -0.2) is 23.0 Å². The minimum absolute atomic E-state index is 0.0972. The number of halogens is 1. The van der Waals surface area contributed by atoms with Crippen LogP contribution in [0.4, 0.5) is 11.4 Å². The van der Waals surface area contributed by atoms with Gasteiger partial charge in [0.1, 0.15) is 4.91 Å². The lowest BCUT2D eigenvalue weighted by molar-refractivity contribution is -0.122. The first kappa shape index (κ1) is 22.6. The van der Waals surface area contributed by atoms with Gasteiger partial charge in [0.2, 0.25) is 0 Å². The largest absolute Gasteiger partial charge is 0.336 e. The zero-order chi connectivity index (χ0) is 23.8. The van der Waals surface area contributed by atoms with Gasteiger partial charge in [-0.3, -0.25) is 9.69 Å². The number of carbonyl (C=O) groups is 1. The molecular weight excluding hydrogens is 484 g/mol. The molecule has 5 nitrogen and oxygen atoms in total. The van der Waals surface area contributed by atoms with Gasteiger partial charge in [0.15, 0.2) is 5.17 Å². The van der Waals surface area contributed by atoms with Crippen molar-refractivity contribution in [2.75, 3.05) is 11.9 Å². The van der Waals surface area contributed by atoms with Crippen LogP contribution in [0.3, 0.4) is 0 Å². The van der Waals surface area contributed by atoms with E-state index in [-0.39, 0.29) is 5.91 Å². The van der Waals surface area contributed by atoms with Gasteiger partial charge >= 0.3 is 0 Å². The lowest BCUT2D eigenvalue weighted by Crippen LogP contribution is -2.29. The lowest BCUT2D eigenvalue weighted by Gasteiger charge is -2.17. The number of benzene rings is 3. The lowest BCUT2D eigenvalue weighted by atomic mass is 10.1. The van der Waals surface area contributed by atoms with Crippen molar-refractivity contribution in [3.63, 3.8) is 0 Å². The molecule has 0 aliphatic carbocycles. The first-order valence-corrected chi connectivity index (χ1v) is 12.5. The van der Waals surface area contributed by atoms with Crippen LogP contribution in [0.15, 0.2) is 86.6 Å². The van der Waals surface area contributed by atoms with Crippen molar-refractivity contribution in [1.29, 1.82) is 5.26 Å². The Morgan fingerprint density at radius 2 is 1.85 bits per heavy atom. The van der Waals surface area contributed by atoms with Gasteiger partial charge in [0.25, 0.3) is 5.91 Å². The maximum absolute atomic E-state index is 13.7. The van der Waals surface area contributed by atoms with Crippen molar-refractivity contribution in [2.45, 2.75) is 18.4 Å². The number of aliphatic imine (C=N–C) groups is 1. The summed E-state index contributed by atoms with van der Waals surface area (Å²) in [5, 5.41) is 11.4. The molecule has 1 saturated heterocycles. The van der Waals surface area contributed by atoms with E-state index in [1.807, 2.05) is 73.5 Å². The Bertz CT molecular complexity index is 1410. The van der Waals surface area contributed by atoms with E-state index in [4.69, 9.17) is 16.6 Å². The Hall–Kier alpha value is -3.18. The van der Waals surface area contributed by atoms with Crippen molar-refractivity contribution in [2.24, 2.45) is 4.99 Å². The summed E-state index contributed by atoms with van der Waals surface area (Å²) in [5.74, 6) is -0.0972. The molecule has 0 atom stereocenters. The summed E-state index contributed by atoms with van der Waals surface area (Å²) in [7, 11) is 1.93. The van der Waals surface area contributed by atoms with Crippen LogP contribution in [0.2, 0.25) is 5.02 Å². The van der Waals surface area contributed by atoms with Gasteiger partial charge < -0.3 is 4.90 Å². The number of aryl methyl sites for hydroxylation is 1. The van der Waals surface area contributed by atoms with Crippen LogP contribution in [0.5, 0.6) is 0 Å². The molecular formula is C26H19ClN4OS2. The normalized spacial score (nSPS) is 18.5. The van der Waals surface area contributed by atoms with E-state index in [0.29, 0.717) is 32.9 Å². The molecule has 1 fully saturated rings. The van der Waals surface area contributed by atoms with Crippen molar-refractivity contribution < 1.29 is 4.79 Å². The highest BCUT2D eigenvalue weighted by Crippen LogP contribution is 2.52. The van der Waals surface area contributed by atoms with Gasteiger partial charge in [0, 0.05) is 11.9 Å². The molecule has 0 spiro atoms. The van der Waals surface area contributed by atoms with Crippen molar-refractivity contribution in [3.05, 3.63) is 98.4 Å². The first-order valence-electron chi connectivity index (χ1n) is 10.5. The van der Waals surface area contributed by atoms with Crippen LogP contribution in [-0.2, 0) is 11.3 Å². The summed E-state index contributed by atoms with van der Waals surface area (Å²) in [6.07, 6.45) is 0. The fraction of sp³-hybridized carbons (Fsp3) is 0.115. The summed E-state index contributed by atoms with van der Waals surface area (Å²) < 4.78 is 0. The second-order valence-electron chi connectivity index (χ2n) is 7.87. The number of nitriles is 1. The number of hydrogen-bond acceptors (Lipinski definition) is 6. The average molecular weight is 503 g/mol. The smallest absolute Gasteiger partial charge is 0.269 e. The monoisotopic (exact) mass is 502 g/mol. The van der Waals surface area contributed by atoms with E-state index in [0.717, 1.165) is 26.7 Å². The number of amidine groups is 1. The van der Waals surface area contributed by atoms with Crippen LogP contribution in [0.1, 0.15) is 16.7 Å². The van der Waals surface area contributed by atoms with Crippen molar-refractivity contribution in [3.8, 4) is 6.07 Å². The average Bonchev–Trinajstić information content (AvgIpc) is 3.33. The second-order valence-corrected chi connectivity index (χ2v) is 10.3. The van der Waals surface area contributed by atoms with E-state index in [1.54, 1.807) is 28.8 Å². The quantitative estimate of drug-likeness (QED) is 0.373. The highest BCUT2D eigenvalue weighted by molar-refractivity contribution is 8.19. The third-order valence-electron chi connectivity index (χ3n) is 5.59. The van der Waals surface area contributed by atoms with Gasteiger partial charge in [-0.2, -0.15) is 5.26 Å². The topological polar surface area (TPSA) is 59.7 Å². The summed E-state index contributed by atoms with van der Waals surface area (Å²) in [5.41, 5.74) is 4.06. The van der Waals surface area contributed by atoms with Crippen LogP contribution in [0, 0.1) is 18.3 Å². The number of hydrogen-bond donors (Lipinski definition) is 0. The minimum Gasteiger partial charge on any atom is -0.336 e. The van der Waals surface area contributed by atoms with Gasteiger partial charge in [0.05, 0.1) is 39.6 Å². The Kier molecular flexibility index (Phi) is 6.13. The number of rotatable bonds is 3. The summed E-state index contributed by atoms with van der Waals surface area (Å²) in [4.78, 5) is 23.9. The van der Waals surface area contributed by atoms with E-state index >= 15 is 0 Å². The Labute approximate surface area is 211 Å². The molecule has 3 aromatic rings. The molecule has 1 amide bonds. The molecule has 0 bridgehead atoms. The van der Waals surface area contributed by atoms with Gasteiger partial charge in [-0.25, -0.2) is 4.99 Å². The maximum Gasteiger partial charge on any atom is 0.269 e. The Morgan fingerprint density at radius 3 is 2.59 bits per heavy atom. The van der Waals surface area contributed by atoms with Gasteiger partial charge in [-0.1, -0.05) is 65.8 Å². The van der Waals surface area contributed by atoms with Crippen LogP contribution < -0.4 is 4.90 Å². The molecule has 8 heteroatoms. The molecule has 0 N–H and O–H groups in total. The minimum atomic E-state index is -0.0972. The summed E-state index contributed by atoms with van der Waals surface area (Å²) in [6.45, 7) is 2.35. The molecule has 0 aromatic heterocycles. The first-order chi connectivity index (χ1) is 16.5.